The molecule has 0 atom stereocenters. The normalized spacial score (nSPS) is 11.7. The Morgan fingerprint density at radius 3 is 2.80 bits per heavy atom. The highest BCUT2D eigenvalue weighted by Crippen LogP contribution is 2.23. The lowest BCUT2D eigenvalue weighted by Gasteiger charge is -2.20. The van der Waals surface area contributed by atoms with Crippen molar-refractivity contribution in [1.82, 2.24) is 10.3 Å². The molecule has 0 aliphatic carbocycles. The molecule has 0 aromatic carbocycles. The van der Waals surface area contributed by atoms with Gasteiger partial charge in [0.2, 0.25) is 0 Å². The van der Waals surface area contributed by atoms with Crippen molar-refractivity contribution < 1.29 is 0 Å². The van der Waals surface area contributed by atoms with Gasteiger partial charge in [-0.05, 0) is 32.9 Å². The van der Waals surface area contributed by atoms with E-state index in [9.17, 15) is 0 Å². The van der Waals surface area contributed by atoms with Crippen LogP contribution >= 0.6 is 23.4 Å². The van der Waals surface area contributed by atoms with E-state index in [-0.39, 0.29) is 5.54 Å². The van der Waals surface area contributed by atoms with E-state index in [1.54, 1.807) is 18.0 Å². The van der Waals surface area contributed by atoms with Gasteiger partial charge in [0, 0.05) is 24.0 Å². The molecule has 1 heterocycles. The molecule has 84 valence electrons. The van der Waals surface area contributed by atoms with Gasteiger partial charge in [0.1, 0.15) is 5.03 Å². The molecule has 1 aromatic heterocycles. The Kier molecular flexibility index (Phi) is 4.90. The van der Waals surface area contributed by atoms with Crippen LogP contribution in [-0.4, -0.2) is 22.8 Å². The van der Waals surface area contributed by atoms with Crippen LogP contribution in [0, 0.1) is 0 Å². The highest BCUT2D eigenvalue weighted by atomic mass is 35.5. The molecule has 0 amide bonds. The Morgan fingerprint density at radius 1 is 1.47 bits per heavy atom. The van der Waals surface area contributed by atoms with E-state index in [4.69, 9.17) is 11.6 Å². The van der Waals surface area contributed by atoms with Crippen LogP contribution in [0.5, 0.6) is 0 Å². The first-order valence-corrected chi connectivity index (χ1v) is 6.34. The summed E-state index contributed by atoms with van der Waals surface area (Å²) in [4.78, 5) is 4.22. The summed E-state index contributed by atoms with van der Waals surface area (Å²) < 4.78 is 0. The van der Waals surface area contributed by atoms with Crippen LogP contribution in [0.15, 0.2) is 23.4 Å². The van der Waals surface area contributed by atoms with Gasteiger partial charge >= 0.3 is 0 Å². The highest BCUT2D eigenvalue weighted by molar-refractivity contribution is 7.99. The molecule has 4 heteroatoms. The van der Waals surface area contributed by atoms with E-state index in [0.717, 1.165) is 22.3 Å². The van der Waals surface area contributed by atoms with Crippen molar-refractivity contribution in [2.75, 3.05) is 12.3 Å². The molecule has 1 aromatic rings. The van der Waals surface area contributed by atoms with E-state index in [0.29, 0.717) is 0 Å². The predicted molar refractivity (Wildman–Crippen MR) is 67.7 cm³/mol. The third-order valence-electron chi connectivity index (χ3n) is 1.72. The fraction of sp³-hybridized carbons (Fsp3) is 0.545. The number of halogens is 1. The molecule has 1 rings (SSSR count). The number of hydrogen-bond donors (Lipinski definition) is 1. The maximum absolute atomic E-state index is 5.99. The third kappa shape index (κ3) is 5.40. The molecule has 0 unspecified atom stereocenters. The fourth-order valence-electron chi connectivity index (χ4n) is 1.05. The molecular weight excluding hydrogens is 228 g/mol. The first kappa shape index (κ1) is 12.8. The largest absolute Gasteiger partial charge is 0.311 e. The molecule has 0 saturated heterocycles. The van der Waals surface area contributed by atoms with Crippen molar-refractivity contribution in [3.05, 3.63) is 23.4 Å². The van der Waals surface area contributed by atoms with Gasteiger partial charge in [0.25, 0.3) is 0 Å². The Hall–Kier alpha value is -0.250. The molecule has 0 aliphatic heterocycles. The topological polar surface area (TPSA) is 24.9 Å². The lowest BCUT2D eigenvalue weighted by atomic mass is 10.1. The summed E-state index contributed by atoms with van der Waals surface area (Å²) in [5, 5.41) is 5.07. The van der Waals surface area contributed by atoms with Crippen LogP contribution in [0.25, 0.3) is 0 Å². The van der Waals surface area contributed by atoms with Crippen molar-refractivity contribution in [1.29, 1.82) is 0 Å². The summed E-state index contributed by atoms with van der Waals surface area (Å²) in [7, 11) is 0. The molecule has 0 bridgehead atoms. The third-order valence-corrected chi connectivity index (χ3v) is 3.14. The van der Waals surface area contributed by atoms with Crippen LogP contribution in [0.3, 0.4) is 0 Å². The zero-order chi connectivity index (χ0) is 11.3. The minimum Gasteiger partial charge on any atom is -0.311 e. The molecule has 15 heavy (non-hydrogen) atoms. The van der Waals surface area contributed by atoms with Crippen LogP contribution in [0.4, 0.5) is 0 Å². The molecular formula is C11H17ClN2S. The van der Waals surface area contributed by atoms with Crippen LogP contribution in [-0.2, 0) is 0 Å². The number of thioether (sulfide) groups is 1. The van der Waals surface area contributed by atoms with E-state index >= 15 is 0 Å². The lowest BCUT2D eigenvalue weighted by Crippen LogP contribution is -2.37. The van der Waals surface area contributed by atoms with E-state index < -0.39 is 0 Å². The molecule has 0 aliphatic rings. The predicted octanol–water partition coefficient (Wildman–Crippen LogP) is 3.22. The van der Waals surface area contributed by atoms with Gasteiger partial charge < -0.3 is 5.32 Å². The maximum atomic E-state index is 5.99. The zero-order valence-corrected chi connectivity index (χ0v) is 11.0. The van der Waals surface area contributed by atoms with Gasteiger partial charge in [0.15, 0.2) is 0 Å². The van der Waals surface area contributed by atoms with E-state index in [1.165, 1.54) is 0 Å². The Labute approximate surface area is 101 Å². The maximum Gasteiger partial charge on any atom is 0.115 e. The summed E-state index contributed by atoms with van der Waals surface area (Å²) in [6.45, 7) is 7.43. The van der Waals surface area contributed by atoms with Gasteiger partial charge in [-0.25, -0.2) is 4.98 Å². The Balaban J connectivity index is 2.30. The van der Waals surface area contributed by atoms with Crippen molar-refractivity contribution >= 4 is 23.4 Å². The molecule has 0 saturated carbocycles. The molecule has 0 radical (unpaired) electrons. The minimum atomic E-state index is 0.175. The van der Waals surface area contributed by atoms with E-state index in [2.05, 4.69) is 31.1 Å². The Morgan fingerprint density at radius 2 is 2.20 bits per heavy atom. The number of aromatic nitrogens is 1. The summed E-state index contributed by atoms with van der Waals surface area (Å²) >= 11 is 7.67. The standard InChI is InChI=1S/C11H17ClN2S/c1-11(2,3)14-7-8-15-10-9(12)5-4-6-13-10/h4-6,14H,7-8H2,1-3H3. The molecule has 0 spiro atoms. The van der Waals surface area contributed by atoms with Gasteiger partial charge in [-0.3, -0.25) is 0 Å². The number of nitrogens with one attached hydrogen (secondary N) is 1. The highest BCUT2D eigenvalue weighted by Gasteiger charge is 2.08. The SMILES string of the molecule is CC(C)(C)NCCSc1ncccc1Cl. The minimum absolute atomic E-state index is 0.175. The van der Waals surface area contributed by atoms with Gasteiger partial charge in [-0.1, -0.05) is 11.6 Å². The van der Waals surface area contributed by atoms with Crippen LogP contribution < -0.4 is 5.32 Å². The van der Waals surface area contributed by atoms with Crippen LogP contribution in [0.1, 0.15) is 20.8 Å². The molecule has 2 nitrogen and oxygen atoms in total. The summed E-state index contributed by atoms with van der Waals surface area (Å²) in [6.07, 6.45) is 1.77. The number of rotatable bonds is 4. The van der Waals surface area contributed by atoms with Crippen molar-refractivity contribution in [3.8, 4) is 0 Å². The number of pyridine rings is 1. The monoisotopic (exact) mass is 244 g/mol. The summed E-state index contributed by atoms with van der Waals surface area (Å²) in [6, 6.07) is 3.72. The quantitative estimate of drug-likeness (QED) is 0.650. The van der Waals surface area contributed by atoms with E-state index in [1.807, 2.05) is 12.1 Å². The first-order chi connectivity index (χ1) is 6.99. The second kappa shape index (κ2) is 5.73. The molecule has 1 N–H and O–H groups in total. The second-order valence-electron chi connectivity index (χ2n) is 4.32. The van der Waals surface area contributed by atoms with Gasteiger partial charge in [-0.15, -0.1) is 11.8 Å². The smallest absolute Gasteiger partial charge is 0.115 e. The Bertz CT molecular complexity index is 310. The first-order valence-electron chi connectivity index (χ1n) is 4.97. The number of nitrogens with zero attached hydrogens (tertiary/aromatic N) is 1. The second-order valence-corrected chi connectivity index (χ2v) is 5.81. The van der Waals surface area contributed by atoms with Crippen molar-refractivity contribution in [2.24, 2.45) is 0 Å². The lowest BCUT2D eigenvalue weighted by molar-refractivity contribution is 0.441. The van der Waals surface area contributed by atoms with Gasteiger partial charge in [-0.2, -0.15) is 0 Å². The average Bonchev–Trinajstić information content (AvgIpc) is 2.13. The van der Waals surface area contributed by atoms with Gasteiger partial charge in [0.05, 0.1) is 5.02 Å². The van der Waals surface area contributed by atoms with Crippen LogP contribution in [0.2, 0.25) is 5.02 Å². The zero-order valence-electron chi connectivity index (χ0n) is 9.38. The summed E-state index contributed by atoms with van der Waals surface area (Å²) in [5.41, 5.74) is 0.175. The van der Waals surface area contributed by atoms with Crippen molar-refractivity contribution in [3.63, 3.8) is 0 Å². The number of hydrogen-bond acceptors (Lipinski definition) is 3. The molecule has 0 fully saturated rings. The summed E-state index contributed by atoms with van der Waals surface area (Å²) in [5.74, 6) is 0.980. The average molecular weight is 245 g/mol. The fourth-order valence-corrected chi connectivity index (χ4v) is 2.08. The van der Waals surface area contributed by atoms with Crippen molar-refractivity contribution in [2.45, 2.75) is 31.3 Å².